The van der Waals surface area contributed by atoms with E-state index in [4.69, 9.17) is 9.26 Å². The Morgan fingerprint density at radius 3 is 2.64 bits per heavy atom. The number of nitrogens with zero attached hydrogens (tertiary/aromatic N) is 2. The molecule has 1 aliphatic carbocycles. The summed E-state index contributed by atoms with van der Waals surface area (Å²) in [5.74, 6) is 0.420. The number of carbonyl (C=O) groups is 2. The van der Waals surface area contributed by atoms with E-state index in [0.717, 1.165) is 19.3 Å². The Bertz CT molecular complexity index is 575. The van der Waals surface area contributed by atoms with Crippen LogP contribution in [-0.4, -0.2) is 41.1 Å². The lowest BCUT2D eigenvalue weighted by atomic mass is 9.84. The zero-order chi connectivity index (χ0) is 15.9. The number of hydrogen-bond donors (Lipinski definition) is 0. The van der Waals surface area contributed by atoms with Crippen LogP contribution in [0.25, 0.3) is 0 Å². The zero-order valence-electron chi connectivity index (χ0n) is 13.3. The monoisotopic (exact) mass is 306 g/mol. The Balaban J connectivity index is 1.96. The van der Waals surface area contributed by atoms with Gasteiger partial charge in [0.05, 0.1) is 12.8 Å². The summed E-state index contributed by atoms with van der Waals surface area (Å²) in [5, 5.41) is 3.86. The van der Waals surface area contributed by atoms with Gasteiger partial charge >= 0.3 is 5.97 Å². The molecule has 2 aliphatic rings. The highest BCUT2D eigenvalue weighted by Gasteiger charge is 2.48. The number of aromatic nitrogens is 1. The van der Waals surface area contributed by atoms with E-state index in [1.165, 1.54) is 13.5 Å². The van der Waals surface area contributed by atoms with Gasteiger partial charge in [0.1, 0.15) is 17.4 Å². The topological polar surface area (TPSA) is 72.6 Å². The van der Waals surface area contributed by atoms with E-state index in [9.17, 15) is 9.59 Å². The number of rotatable bonds is 2. The molecule has 120 valence electrons. The minimum atomic E-state index is -0.487. The molecular formula is C16H22N2O4. The van der Waals surface area contributed by atoms with E-state index in [1.807, 2.05) is 0 Å². The first-order valence-electron chi connectivity index (χ1n) is 7.88. The number of methoxy groups -OCH3 is 1. The number of aryl methyl sites for hydroxylation is 2. The smallest absolute Gasteiger partial charge is 0.328 e. The third-order valence-electron chi connectivity index (χ3n) is 5.04. The maximum atomic E-state index is 13.1. The van der Waals surface area contributed by atoms with Gasteiger partial charge in [0.25, 0.3) is 5.91 Å². The van der Waals surface area contributed by atoms with Gasteiger partial charge in [-0.3, -0.25) is 4.79 Å². The average molecular weight is 306 g/mol. The Labute approximate surface area is 129 Å². The first kappa shape index (κ1) is 15.1. The molecule has 1 amide bonds. The summed E-state index contributed by atoms with van der Waals surface area (Å²) in [7, 11) is 1.38. The van der Waals surface area contributed by atoms with Gasteiger partial charge in [-0.05, 0) is 39.0 Å². The van der Waals surface area contributed by atoms with Crippen molar-refractivity contribution in [3.8, 4) is 0 Å². The number of fused-ring (bicyclic) bond motifs is 1. The normalized spacial score (nSPS) is 27.6. The summed E-state index contributed by atoms with van der Waals surface area (Å²) >= 11 is 0. The fourth-order valence-electron chi connectivity index (χ4n) is 4.02. The quantitative estimate of drug-likeness (QED) is 0.783. The van der Waals surface area contributed by atoms with Crippen molar-refractivity contribution in [1.29, 1.82) is 0 Å². The Morgan fingerprint density at radius 1 is 1.27 bits per heavy atom. The van der Waals surface area contributed by atoms with Gasteiger partial charge in [0, 0.05) is 6.04 Å². The van der Waals surface area contributed by atoms with Crippen LogP contribution >= 0.6 is 0 Å². The minimum absolute atomic E-state index is 0.124. The number of carbonyl (C=O) groups excluding carboxylic acids is 2. The van der Waals surface area contributed by atoms with Crippen LogP contribution in [0.4, 0.5) is 0 Å². The second kappa shape index (κ2) is 5.74. The largest absolute Gasteiger partial charge is 0.467 e. The van der Waals surface area contributed by atoms with Crippen molar-refractivity contribution in [2.24, 2.45) is 5.92 Å². The molecule has 0 bridgehead atoms. The van der Waals surface area contributed by atoms with Gasteiger partial charge in [-0.15, -0.1) is 0 Å². The first-order chi connectivity index (χ1) is 10.5. The number of hydrogen-bond acceptors (Lipinski definition) is 5. The average Bonchev–Trinajstić information content (AvgIpc) is 3.06. The summed E-state index contributed by atoms with van der Waals surface area (Å²) in [4.78, 5) is 26.9. The van der Waals surface area contributed by atoms with Crippen LogP contribution in [0.15, 0.2) is 4.52 Å². The lowest BCUT2D eigenvalue weighted by molar-refractivity contribution is -0.145. The molecule has 0 aromatic carbocycles. The fourth-order valence-corrected chi connectivity index (χ4v) is 4.02. The van der Waals surface area contributed by atoms with E-state index < -0.39 is 6.04 Å². The van der Waals surface area contributed by atoms with E-state index in [1.54, 1.807) is 18.7 Å². The molecule has 3 unspecified atom stereocenters. The summed E-state index contributed by atoms with van der Waals surface area (Å²) in [6.07, 6.45) is 4.99. The van der Waals surface area contributed by atoms with Crippen molar-refractivity contribution >= 4 is 11.9 Å². The summed E-state index contributed by atoms with van der Waals surface area (Å²) in [6, 6.07) is -0.363. The zero-order valence-corrected chi connectivity index (χ0v) is 13.3. The van der Waals surface area contributed by atoms with Crippen molar-refractivity contribution in [3.63, 3.8) is 0 Å². The van der Waals surface area contributed by atoms with Crippen molar-refractivity contribution in [2.75, 3.05) is 7.11 Å². The van der Waals surface area contributed by atoms with Crippen LogP contribution in [-0.2, 0) is 9.53 Å². The molecule has 1 aromatic heterocycles. The molecule has 1 saturated carbocycles. The molecule has 1 aliphatic heterocycles. The molecule has 1 saturated heterocycles. The lowest BCUT2D eigenvalue weighted by Crippen LogP contribution is -2.46. The van der Waals surface area contributed by atoms with E-state index in [2.05, 4.69) is 5.16 Å². The fraction of sp³-hybridized carbons (Fsp3) is 0.688. The number of esters is 1. The minimum Gasteiger partial charge on any atom is -0.467 e. The molecule has 3 rings (SSSR count). The van der Waals surface area contributed by atoms with E-state index in [0.29, 0.717) is 29.4 Å². The SMILES string of the molecule is COC(=O)C1CC2CCCCC2N1C(=O)c1c(C)noc1C. The highest BCUT2D eigenvalue weighted by atomic mass is 16.5. The molecule has 0 radical (unpaired) electrons. The number of amides is 1. The van der Waals surface area contributed by atoms with Crippen molar-refractivity contribution in [3.05, 3.63) is 17.0 Å². The molecule has 0 spiro atoms. The van der Waals surface area contributed by atoms with Gasteiger partial charge in [0.2, 0.25) is 0 Å². The van der Waals surface area contributed by atoms with E-state index in [-0.39, 0.29) is 17.9 Å². The number of likely N-dealkylation sites (tertiary alicyclic amines) is 1. The van der Waals surface area contributed by atoms with Gasteiger partial charge in [-0.1, -0.05) is 18.0 Å². The molecule has 6 heteroatoms. The van der Waals surface area contributed by atoms with Crippen molar-refractivity contribution < 1.29 is 18.8 Å². The van der Waals surface area contributed by atoms with E-state index >= 15 is 0 Å². The third kappa shape index (κ3) is 2.30. The van der Waals surface area contributed by atoms with Crippen LogP contribution in [0.3, 0.4) is 0 Å². The van der Waals surface area contributed by atoms with Crippen molar-refractivity contribution in [1.82, 2.24) is 10.1 Å². The van der Waals surface area contributed by atoms with Crippen LogP contribution in [0.2, 0.25) is 0 Å². The predicted octanol–water partition coefficient (Wildman–Crippen LogP) is 2.24. The van der Waals surface area contributed by atoms with Crippen LogP contribution < -0.4 is 0 Å². The molecule has 22 heavy (non-hydrogen) atoms. The van der Waals surface area contributed by atoms with Gasteiger partial charge in [-0.2, -0.15) is 0 Å². The summed E-state index contributed by atoms with van der Waals surface area (Å²) < 4.78 is 10.0. The van der Waals surface area contributed by atoms with Gasteiger partial charge < -0.3 is 14.2 Å². The maximum Gasteiger partial charge on any atom is 0.328 e. The molecule has 3 atom stereocenters. The highest BCUT2D eigenvalue weighted by Crippen LogP contribution is 2.41. The Kier molecular flexibility index (Phi) is 3.93. The molecule has 2 heterocycles. The molecule has 0 N–H and O–H groups in total. The molecule has 6 nitrogen and oxygen atoms in total. The second-order valence-electron chi connectivity index (χ2n) is 6.30. The second-order valence-corrected chi connectivity index (χ2v) is 6.30. The van der Waals surface area contributed by atoms with Crippen molar-refractivity contribution in [2.45, 2.75) is 58.0 Å². The Hall–Kier alpha value is -1.85. The highest BCUT2D eigenvalue weighted by molar-refractivity contribution is 5.99. The molecule has 2 fully saturated rings. The third-order valence-corrected chi connectivity index (χ3v) is 5.04. The summed E-state index contributed by atoms with van der Waals surface area (Å²) in [6.45, 7) is 3.49. The number of ether oxygens (including phenoxy) is 1. The standard InChI is InChI=1S/C16H22N2O4/c1-9-14(10(2)22-17-9)15(19)18-12-7-5-4-6-11(12)8-13(18)16(20)21-3/h11-13H,4-8H2,1-3H3. The molecule has 1 aromatic rings. The predicted molar refractivity (Wildman–Crippen MR) is 78.3 cm³/mol. The Morgan fingerprint density at radius 2 is 2.00 bits per heavy atom. The first-order valence-corrected chi connectivity index (χ1v) is 7.88. The maximum absolute atomic E-state index is 13.1. The lowest BCUT2D eigenvalue weighted by Gasteiger charge is -2.33. The summed E-state index contributed by atoms with van der Waals surface area (Å²) in [5.41, 5.74) is 1.06. The van der Waals surface area contributed by atoms with Gasteiger partial charge in [0.15, 0.2) is 0 Å². The van der Waals surface area contributed by atoms with Crippen LogP contribution in [0.1, 0.15) is 53.9 Å². The van der Waals surface area contributed by atoms with Gasteiger partial charge in [-0.25, -0.2) is 4.79 Å². The van der Waals surface area contributed by atoms with Crippen LogP contribution in [0, 0.1) is 19.8 Å². The van der Waals surface area contributed by atoms with Crippen LogP contribution in [0.5, 0.6) is 0 Å². The molecular weight excluding hydrogens is 284 g/mol.